The molecular formula is C26H30O12. The van der Waals surface area contributed by atoms with Crippen LogP contribution in [0.5, 0.6) is 0 Å². The van der Waals surface area contributed by atoms with Gasteiger partial charge in [0.05, 0.1) is 21.2 Å². The number of hydrogen-bond donors (Lipinski definition) is 0. The summed E-state index contributed by atoms with van der Waals surface area (Å²) in [5, 5.41) is 8.29. The van der Waals surface area contributed by atoms with Crippen LogP contribution in [0.4, 0.5) is 9.59 Å². The van der Waals surface area contributed by atoms with Gasteiger partial charge in [-0.2, -0.15) is 0 Å². The zero-order valence-corrected chi connectivity index (χ0v) is 21.3. The van der Waals surface area contributed by atoms with E-state index in [4.69, 9.17) is 9.47 Å². The Kier molecular flexibility index (Phi) is 13.1. The van der Waals surface area contributed by atoms with E-state index in [2.05, 4.69) is 29.6 Å². The molecule has 0 fully saturated rings. The number of hydrogen-bond acceptors (Lipinski definition) is 12. The fraction of sp³-hybridized carbons (Fsp3) is 0.385. The first-order chi connectivity index (χ1) is 18.3. The van der Waals surface area contributed by atoms with E-state index in [9.17, 15) is 19.2 Å². The van der Waals surface area contributed by atoms with Crippen molar-refractivity contribution in [2.75, 3.05) is 13.2 Å². The summed E-state index contributed by atoms with van der Waals surface area (Å²) in [6, 6.07) is 13.3. The molecule has 2 rings (SSSR count). The minimum absolute atomic E-state index is 0.208. The number of carbonyl (C=O) groups is 4. The van der Waals surface area contributed by atoms with Crippen LogP contribution in [0.3, 0.4) is 0 Å². The molecule has 0 aliphatic heterocycles. The summed E-state index contributed by atoms with van der Waals surface area (Å²) in [4.78, 5) is 63.9. The van der Waals surface area contributed by atoms with Crippen molar-refractivity contribution in [2.45, 2.75) is 46.5 Å². The average Bonchev–Trinajstić information content (AvgIpc) is 2.91. The highest BCUT2D eigenvalue weighted by atomic mass is 17.5. The molecule has 0 aromatic heterocycles. The molecule has 12 nitrogen and oxygen atoms in total. The van der Waals surface area contributed by atoms with Gasteiger partial charge in [0.2, 0.25) is 0 Å². The molecule has 0 heterocycles. The second-order valence-electron chi connectivity index (χ2n) is 8.17. The molecule has 0 bridgehead atoms. The normalized spacial score (nSPS) is 10.4. The van der Waals surface area contributed by atoms with Crippen LogP contribution in [0.1, 0.15) is 65.5 Å². The maximum Gasteiger partial charge on any atom is 0.543 e. The van der Waals surface area contributed by atoms with Gasteiger partial charge in [-0.3, -0.25) is 9.78 Å². The number of benzene rings is 2. The molecule has 0 aliphatic carbocycles. The van der Waals surface area contributed by atoms with E-state index >= 15 is 0 Å². The van der Waals surface area contributed by atoms with Gasteiger partial charge in [-0.1, -0.05) is 57.9 Å². The van der Waals surface area contributed by atoms with E-state index in [1.165, 1.54) is 0 Å². The van der Waals surface area contributed by atoms with Crippen molar-refractivity contribution in [3.05, 3.63) is 70.8 Å². The van der Waals surface area contributed by atoms with E-state index in [-0.39, 0.29) is 24.3 Å². The Morgan fingerprint density at radius 1 is 0.605 bits per heavy atom. The minimum atomic E-state index is -1.29. The van der Waals surface area contributed by atoms with Crippen molar-refractivity contribution in [3.8, 4) is 0 Å². The fourth-order valence-corrected chi connectivity index (χ4v) is 2.96. The Morgan fingerprint density at radius 2 is 0.974 bits per heavy atom. The third kappa shape index (κ3) is 11.3. The Hall–Kier alpha value is -4.16. The first-order valence-corrected chi connectivity index (χ1v) is 11.9. The standard InChI is InChI=1S/C26H30O12/c1-4-6-19-8-12-21(13-9-19)23(27)33-37-35-25(29)31-16-18(3)17-32-26(30)36-38-34-24(28)22-14-10-20(7-5-2)11-15-22/h8-15,18H,4-7,16-17H2,1-3H3. The first kappa shape index (κ1) is 30.1. The van der Waals surface area contributed by atoms with Crippen molar-refractivity contribution in [1.82, 2.24) is 0 Å². The topological polar surface area (TPSA) is 142 Å². The number of carbonyl (C=O) groups excluding carboxylic acids is 4. The lowest BCUT2D eigenvalue weighted by Gasteiger charge is -2.11. The highest BCUT2D eigenvalue weighted by molar-refractivity contribution is 5.89. The van der Waals surface area contributed by atoms with Gasteiger partial charge < -0.3 is 9.47 Å². The Balaban J connectivity index is 1.55. The maximum absolute atomic E-state index is 11.9. The van der Waals surface area contributed by atoms with E-state index in [0.29, 0.717) is 0 Å². The molecule has 0 radical (unpaired) electrons. The molecule has 0 spiro atoms. The Morgan fingerprint density at radius 3 is 1.32 bits per heavy atom. The summed E-state index contributed by atoms with van der Waals surface area (Å²) in [5.74, 6) is -2.22. The third-order valence-corrected chi connectivity index (χ3v) is 4.85. The molecule has 206 valence electrons. The molecular weight excluding hydrogens is 504 g/mol. The molecule has 0 N–H and O–H groups in total. The molecule has 0 saturated carbocycles. The Bertz CT molecular complexity index is 950. The van der Waals surface area contributed by atoms with Crippen LogP contribution < -0.4 is 0 Å². The van der Waals surface area contributed by atoms with E-state index in [0.717, 1.165) is 36.8 Å². The maximum atomic E-state index is 11.9. The highest BCUT2D eigenvalue weighted by Crippen LogP contribution is 2.10. The molecule has 0 saturated heterocycles. The molecule has 0 unspecified atom stereocenters. The predicted octanol–water partition coefficient (Wildman–Crippen LogP) is 5.24. The van der Waals surface area contributed by atoms with Gasteiger partial charge >= 0.3 is 24.2 Å². The molecule has 0 atom stereocenters. The third-order valence-electron chi connectivity index (χ3n) is 4.85. The molecule has 0 amide bonds. The largest absolute Gasteiger partial charge is 0.543 e. The van der Waals surface area contributed by atoms with Gasteiger partial charge in [0.15, 0.2) is 0 Å². The Labute approximate surface area is 219 Å². The van der Waals surface area contributed by atoms with E-state index in [1.54, 1.807) is 55.5 Å². The van der Waals surface area contributed by atoms with Crippen LogP contribution in [0.15, 0.2) is 48.5 Å². The summed E-state index contributed by atoms with van der Waals surface area (Å²) < 4.78 is 9.48. The molecule has 38 heavy (non-hydrogen) atoms. The van der Waals surface area contributed by atoms with Gasteiger partial charge in [0.1, 0.15) is 13.2 Å². The SMILES string of the molecule is CCCc1ccc(C(=O)OOOC(=O)OCC(C)COC(=O)OOOC(=O)c2ccc(CCC)cc2)cc1. The van der Waals surface area contributed by atoms with Crippen molar-refractivity contribution in [3.63, 3.8) is 0 Å². The van der Waals surface area contributed by atoms with E-state index < -0.39 is 30.2 Å². The van der Waals surface area contributed by atoms with Gasteiger partial charge in [-0.15, -0.1) is 0 Å². The van der Waals surface area contributed by atoms with Crippen LogP contribution >= 0.6 is 0 Å². The minimum Gasteiger partial charge on any atom is -0.432 e. The lowest BCUT2D eigenvalue weighted by atomic mass is 10.1. The predicted molar refractivity (Wildman–Crippen MR) is 128 cm³/mol. The second-order valence-corrected chi connectivity index (χ2v) is 8.17. The summed E-state index contributed by atoms with van der Waals surface area (Å²) in [6.45, 7) is 5.17. The monoisotopic (exact) mass is 534 g/mol. The average molecular weight is 535 g/mol. The van der Waals surface area contributed by atoms with Crippen LogP contribution in [0.2, 0.25) is 0 Å². The van der Waals surface area contributed by atoms with Gasteiger partial charge in [-0.05, 0) is 48.2 Å². The molecule has 0 aliphatic rings. The summed E-state index contributed by atoms with van der Waals surface area (Å²) >= 11 is 0. The number of ether oxygens (including phenoxy) is 2. The fourth-order valence-electron chi connectivity index (χ4n) is 2.96. The summed E-state index contributed by atoms with van der Waals surface area (Å²) in [6.07, 6.45) is 1.12. The second kappa shape index (κ2) is 16.6. The van der Waals surface area contributed by atoms with Crippen LogP contribution in [-0.2, 0) is 51.9 Å². The van der Waals surface area contributed by atoms with Gasteiger partial charge in [-0.25, -0.2) is 29.0 Å². The van der Waals surface area contributed by atoms with Crippen LogP contribution in [0, 0.1) is 5.92 Å². The molecule has 2 aromatic rings. The first-order valence-electron chi connectivity index (χ1n) is 11.9. The molecule has 12 heteroatoms. The summed E-state index contributed by atoms with van der Waals surface area (Å²) in [7, 11) is 0. The van der Waals surface area contributed by atoms with Gasteiger partial charge in [0.25, 0.3) is 0 Å². The van der Waals surface area contributed by atoms with Crippen LogP contribution in [-0.4, -0.2) is 37.5 Å². The molecule has 2 aromatic carbocycles. The zero-order valence-electron chi connectivity index (χ0n) is 21.3. The van der Waals surface area contributed by atoms with E-state index in [1.807, 2.05) is 13.8 Å². The van der Waals surface area contributed by atoms with Crippen LogP contribution in [0.25, 0.3) is 0 Å². The smallest absolute Gasteiger partial charge is 0.432 e. The van der Waals surface area contributed by atoms with Crippen molar-refractivity contribution < 1.29 is 58.3 Å². The quantitative estimate of drug-likeness (QED) is 0.178. The van der Waals surface area contributed by atoms with Gasteiger partial charge in [0, 0.05) is 5.92 Å². The number of aryl methyl sites for hydroxylation is 2. The zero-order chi connectivity index (χ0) is 27.8. The van der Waals surface area contributed by atoms with Crippen molar-refractivity contribution >= 4 is 24.2 Å². The lowest BCUT2D eigenvalue weighted by molar-refractivity contribution is -0.452. The van der Waals surface area contributed by atoms with Crippen molar-refractivity contribution in [2.24, 2.45) is 5.92 Å². The number of rotatable bonds is 14. The highest BCUT2D eigenvalue weighted by Gasteiger charge is 2.16. The lowest BCUT2D eigenvalue weighted by Crippen LogP contribution is -2.20. The summed E-state index contributed by atoms with van der Waals surface area (Å²) in [5.41, 5.74) is 2.55. The van der Waals surface area contributed by atoms with Crippen molar-refractivity contribution in [1.29, 1.82) is 0 Å².